The zero-order valence-corrected chi connectivity index (χ0v) is 20.7. The second kappa shape index (κ2) is 9.99. The Kier molecular flexibility index (Phi) is 7.19. The van der Waals surface area contributed by atoms with E-state index in [9.17, 15) is 13.2 Å². The molecule has 0 radical (unpaired) electrons. The van der Waals surface area contributed by atoms with Crippen molar-refractivity contribution in [2.45, 2.75) is 63.8 Å². The Labute approximate surface area is 204 Å². The first kappa shape index (κ1) is 25.2. The molecule has 9 heteroatoms. The Bertz CT molecular complexity index is 1320. The Morgan fingerprint density at radius 1 is 1.17 bits per heavy atom. The van der Waals surface area contributed by atoms with E-state index in [1.807, 2.05) is 6.07 Å². The molecule has 1 unspecified atom stereocenters. The highest BCUT2D eigenvalue weighted by molar-refractivity contribution is 7.89. The number of carbonyl (C=O) groups is 1. The van der Waals surface area contributed by atoms with Gasteiger partial charge in [-0.1, -0.05) is 37.3 Å². The molecule has 1 saturated heterocycles. The summed E-state index contributed by atoms with van der Waals surface area (Å²) in [4.78, 5) is 16.4. The van der Waals surface area contributed by atoms with Crippen molar-refractivity contribution in [1.82, 2.24) is 9.29 Å². The van der Waals surface area contributed by atoms with Crippen LogP contribution < -0.4 is 0 Å². The number of aromatic nitrogens is 1. The monoisotopic (exact) mass is 502 g/mol. The molecule has 0 amide bonds. The normalized spacial score (nSPS) is 21.1. The number of hydrogen-bond donors (Lipinski definition) is 0. The number of rotatable bonds is 7. The average molecular weight is 503 g/mol. The van der Waals surface area contributed by atoms with E-state index in [1.54, 1.807) is 45.0 Å². The number of halogens is 2. The summed E-state index contributed by atoms with van der Waals surface area (Å²) in [6, 6.07) is 10.7. The SMILES string of the molecule is Cc1ncoc1C(=O)CC(C)c1cc(F)c(CN2[C@H](C)CC[C@@H](c3ccccc3)S2(=O)=O)cc1F. The van der Waals surface area contributed by atoms with Gasteiger partial charge in [0.25, 0.3) is 0 Å². The van der Waals surface area contributed by atoms with Crippen LogP contribution in [0.1, 0.15) is 77.2 Å². The standard InChI is InChI=1S/C26H28F2N2O4S/c1-16(11-24(31)26-18(3)29-15-34-26)21-13-22(27)20(12-23(21)28)14-30-17(2)9-10-25(35(30,32)33)19-7-5-4-6-8-19/h4-8,12-13,15-17,25H,9-11,14H2,1-3H3/t16?,17-,25+/m1/s1. The summed E-state index contributed by atoms with van der Waals surface area (Å²) < 4.78 is 63.4. The minimum Gasteiger partial charge on any atom is -0.440 e. The molecule has 0 aliphatic carbocycles. The van der Waals surface area contributed by atoms with E-state index in [0.29, 0.717) is 24.1 Å². The number of oxazole rings is 1. The molecule has 3 atom stereocenters. The van der Waals surface area contributed by atoms with Crippen LogP contribution in [-0.4, -0.2) is 29.5 Å². The number of ketones is 1. The molecule has 1 aliphatic heterocycles. The number of sulfonamides is 1. The molecule has 35 heavy (non-hydrogen) atoms. The maximum atomic E-state index is 15.1. The number of benzene rings is 2. The molecule has 0 saturated carbocycles. The van der Waals surface area contributed by atoms with E-state index in [-0.39, 0.29) is 41.7 Å². The summed E-state index contributed by atoms with van der Waals surface area (Å²) in [6.45, 7) is 4.78. The summed E-state index contributed by atoms with van der Waals surface area (Å²) in [7, 11) is -3.78. The van der Waals surface area contributed by atoms with Gasteiger partial charge in [0.2, 0.25) is 15.8 Å². The van der Waals surface area contributed by atoms with Crippen molar-refractivity contribution in [1.29, 1.82) is 0 Å². The molecule has 2 aromatic carbocycles. The van der Waals surface area contributed by atoms with Gasteiger partial charge in [0, 0.05) is 24.6 Å². The van der Waals surface area contributed by atoms with E-state index in [2.05, 4.69) is 4.98 Å². The predicted molar refractivity (Wildman–Crippen MR) is 127 cm³/mol. The second-order valence-electron chi connectivity index (χ2n) is 9.18. The largest absolute Gasteiger partial charge is 0.440 e. The van der Waals surface area contributed by atoms with Crippen LogP contribution in [-0.2, 0) is 16.6 Å². The molecular weight excluding hydrogens is 474 g/mol. The average Bonchev–Trinajstić information content (AvgIpc) is 3.24. The van der Waals surface area contributed by atoms with Crippen LogP contribution in [0.5, 0.6) is 0 Å². The first-order valence-electron chi connectivity index (χ1n) is 11.6. The van der Waals surface area contributed by atoms with Crippen molar-refractivity contribution in [2.24, 2.45) is 0 Å². The molecule has 1 aliphatic rings. The molecule has 0 bridgehead atoms. The number of hydrogen-bond acceptors (Lipinski definition) is 5. The van der Waals surface area contributed by atoms with Gasteiger partial charge in [-0.25, -0.2) is 22.2 Å². The van der Waals surface area contributed by atoms with Gasteiger partial charge in [0.05, 0.1) is 5.69 Å². The van der Waals surface area contributed by atoms with E-state index >= 15 is 8.78 Å². The van der Waals surface area contributed by atoms with Gasteiger partial charge in [-0.3, -0.25) is 4.79 Å². The first-order valence-corrected chi connectivity index (χ1v) is 13.1. The maximum absolute atomic E-state index is 15.1. The molecule has 6 nitrogen and oxygen atoms in total. The number of nitrogens with zero attached hydrogens (tertiary/aromatic N) is 2. The minimum absolute atomic E-state index is 0.0417. The topological polar surface area (TPSA) is 80.5 Å². The minimum atomic E-state index is -3.78. The van der Waals surface area contributed by atoms with Crippen molar-refractivity contribution >= 4 is 15.8 Å². The highest BCUT2D eigenvalue weighted by Gasteiger charge is 2.40. The van der Waals surface area contributed by atoms with Crippen LogP contribution in [0.2, 0.25) is 0 Å². The summed E-state index contributed by atoms with van der Waals surface area (Å²) >= 11 is 0. The lowest BCUT2D eigenvalue weighted by atomic mass is 9.93. The van der Waals surface area contributed by atoms with Gasteiger partial charge in [-0.2, -0.15) is 4.31 Å². The molecule has 4 rings (SSSR count). The van der Waals surface area contributed by atoms with Gasteiger partial charge in [0.15, 0.2) is 12.2 Å². The van der Waals surface area contributed by atoms with Gasteiger partial charge < -0.3 is 4.42 Å². The molecule has 0 spiro atoms. The molecule has 1 aromatic heterocycles. The lowest BCUT2D eigenvalue weighted by molar-refractivity contribution is 0.0947. The lowest BCUT2D eigenvalue weighted by Crippen LogP contribution is -2.44. The van der Waals surface area contributed by atoms with E-state index in [4.69, 9.17) is 4.42 Å². The summed E-state index contributed by atoms with van der Waals surface area (Å²) in [5.41, 5.74) is 1.13. The third-order valence-electron chi connectivity index (χ3n) is 6.71. The molecular formula is C26H28F2N2O4S. The maximum Gasteiger partial charge on any atom is 0.221 e. The Balaban J connectivity index is 1.56. The molecule has 186 valence electrons. The fraction of sp³-hybridized carbons (Fsp3) is 0.385. The van der Waals surface area contributed by atoms with Gasteiger partial charge >= 0.3 is 0 Å². The zero-order valence-electron chi connectivity index (χ0n) is 19.9. The summed E-state index contributed by atoms with van der Waals surface area (Å²) in [6.07, 6.45) is 2.17. The van der Waals surface area contributed by atoms with Crippen LogP contribution in [0, 0.1) is 18.6 Å². The van der Waals surface area contributed by atoms with Gasteiger partial charge in [-0.15, -0.1) is 0 Å². The quantitative estimate of drug-likeness (QED) is 0.388. The van der Waals surface area contributed by atoms with E-state index < -0.39 is 32.8 Å². The Morgan fingerprint density at radius 2 is 1.89 bits per heavy atom. The summed E-state index contributed by atoms with van der Waals surface area (Å²) in [5.74, 6) is -2.25. The molecule has 1 fully saturated rings. The highest BCUT2D eigenvalue weighted by atomic mass is 32.2. The smallest absolute Gasteiger partial charge is 0.221 e. The number of Topliss-reactive ketones (excluding diaryl/α,β-unsaturated/α-hetero) is 1. The van der Waals surface area contributed by atoms with Crippen molar-refractivity contribution in [3.63, 3.8) is 0 Å². The lowest BCUT2D eigenvalue weighted by Gasteiger charge is -2.37. The van der Waals surface area contributed by atoms with Crippen LogP contribution in [0.25, 0.3) is 0 Å². The van der Waals surface area contributed by atoms with E-state index in [1.165, 1.54) is 10.7 Å². The first-order chi connectivity index (χ1) is 16.6. The van der Waals surface area contributed by atoms with Crippen LogP contribution in [0.4, 0.5) is 8.78 Å². The third kappa shape index (κ3) is 5.06. The molecule has 3 aromatic rings. The van der Waals surface area contributed by atoms with Crippen molar-refractivity contribution in [3.8, 4) is 0 Å². The fourth-order valence-corrected chi connectivity index (χ4v) is 6.86. The van der Waals surface area contributed by atoms with Crippen molar-refractivity contribution in [3.05, 3.63) is 88.6 Å². The second-order valence-corrected chi connectivity index (χ2v) is 11.2. The third-order valence-corrected chi connectivity index (χ3v) is 9.08. The van der Waals surface area contributed by atoms with Crippen molar-refractivity contribution < 1.29 is 26.4 Å². The zero-order chi connectivity index (χ0) is 25.3. The van der Waals surface area contributed by atoms with E-state index in [0.717, 1.165) is 12.1 Å². The van der Waals surface area contributed by atoms with Crippen LogP contribution in [0.15, 0.2) is 53.3 Å². The highest BCUT2D eigenvalue weighted by Crippen LogP contribution is 2.38. The van der Waals surface area contributed by atoms with Gasteiger partial charge in [-0.05, 0) is 55.9 Å². The molecule has 0 N–H and O–H groups in total. The number of carbonyl (C=O) groups excluding carboxylic acids is 1. The predicted octanol–water partition coefficient (Wildman–Crippen LogP) is 5.69. The van der Waals surface area contributed by atoms with Gasteiger partial charge in [0.1, 0.15) is 16.9 Å². The molecule has 2 heterocycles. The Morgan fingerprint density at radius 3 is 2.54 bits per heavy atom. The van der Waals surface area contributed by atoms with Crippen LogP contribution in [0.3, 0.4) is 0 Å². The Hall–Kier alpha value is -2.91. The van der Waals surface area contributed by atoms with Crippen molar-refractivity contribution in [2.75, 3.05) is 0 Å². The van der Waals surface area contributed by atoms with Crippen LogP contribution >= 0.6 is 0 Å². The number of aryl methyl sites for hydroxylation is 1. The summed E-state index contributed by atoms with van der Waals surface area (Å²) in [5, 5.41) is -0.724. The fourth-order valence-electron chi connectivity index (χ4n) is 4.67.